The molecular weight excluding hydrogens is 142 g/mol. The van der Waals surface area contributed by atoms with Crippen LogP contribution in [0.25, 0.3) is 0 Å². The molecule has 0 aromatic rings. The summed E-state index contributed by atoms with van der Waals surface area (Å²) in [6.45, 7) is 6.68. The van der Waals surface area contributed by atoms with Gasteiger partial charge < -0.3 is 10.1 Å². The molecule has 0 aliphatic carbocycles. The Morgan fingerprint density at radius 2 is 2.27 bits per heavy atom. The fraction of sp³-hybridized carbons (Fsp3) is 0.875. The second-order valence-electron chi connectivity index (χ2n) is 3.15. The molecule has 0 aromatic carbocycles. The van der Waals surface area contributed by atoms with Gasteiger partial charge in [-0.15, -0.1) is 0 Å². The molecular formula is C8H15NO2. The van der Waals surface area contributed by atoms with E-state index in [-0.39, 0.29) is 18.1 Å². The number of hydrogen-bond acceptors (Lipinski definition) is 2. The summed E-state index contributed by atoms with van der Waals surface area (Å²) in [6.07, 6.45) is -0.194. The van der Waals surface area contributed by atoms with Gasteiger partial charge in [-0.1, -0.05) is 13.8 Å². The molecule has 0 bridgehead atoms. The van der Waals surface area contributed by atoms with Gasteiger partial charge in [0.15, 0.2) is 6.10 Å². The zero-order chi connectivity index (χ0) is 8.43. The molecule has 1 saturated heterocycles. The van der Waals surface area contributed by atoms with E-state index in [0.29, 0.717) is 12.5 Å². The van der Waals surface area contributed by atoms with Crippen molar-refractivity contribution in [3.63, 3.8) is 0 Å². The first-order chi connectivity index (χ1) is 5.16. The highest BCUT2D eigenvalue weighted by Gasteiger charge is 2.41. The minimum absolute atomic E-state index is 0.0329. The smallest absolute Gasteiger partial charge is 0.251 e. The van der Waals surface area contributed by atoms with Crippen LogP contribution in [0.5, 0.6) is 0 Å². The van der Waals surface area contributed by atoms with Crippen LogP contribution >= 0.6 is 0 Å². The fourth-order valence-corrected chi connectivity index (χ4v) is 1.26. The molecule has 1 aliphatic rings. The number of ether oxygens (including phenoxy) is 1. The summed E-state index contributed by atoms with van der Waals surface area (Å²) in [5, 5.41) is 2.81. The molecule has 11 heavy (non-hydrogen) atoms. The number of amides is 1. The average Bonchev–Trinajstić information content (AvgIpc) is 1.95. The lowest BCUT2D eigenvalue weighted by Crippen LogP contribution is -2.65. The van der Waals surface area contributed by atoms with Crippen molar-refractivity contribution in [2.45, 2.75) is 32.9 Å². The maximum atomic E-state index is 10.9. The van der Waals surface area contributed by atoms with Crippen LogP contribution < -0.4 is 5.32 Å². The Morgan fingerprint density at radius 1 is 1.64 bits per heavy atom. The van der Waals surface area contributed by atoms with Gasteiger partial charge in [-0.3, -0.25) is 4.79 Å². The van der Waals surface area contributed by atoms with Crippen LogP contribution in [0.4, 0.5) is 0 Å². The summed E-state index contributed by atoms with van der Waals surface area (Å²) in [4.78, 5) is 10.9. The van der Waals surface area contributed by atoms with Gasteiger partial charge >= 0.3 is 0 Å². The number of nitrogens with one attached hydrogen (secondary N) is 1. The minimum Gasteiger partial charge on any atom is -0.366 e. The van der Waals surface area contributed by atoms with Crippen molar-refractivity contribution in [3.05, 3.63) is 0 Å². The van der Waals surface area contributed by atoms with Crippen LogP contribution in [0.2, 0.25) is 0 Å². The largest absolute Gasteiger partial charge is 0.366 e. The predicted octanol–water partition coefficient (Wildman–Crippen LogP) is 0.546. The van der Waals surface area contributed by atoms with E-state index in [0.717, 1.165) is 0 Å². The monoisotopic (exact) mass is 157 g/mol. The maximum Gasteiger partial charge on any atom is 0.251 e. The lowest BCUT2D eigenvalue weighted by Gasteiger charge is -2.38. The summed E-state index contributed by atoms with van der Waals surface area (Å²) in [6, 6.07) is 0.224. The molecule has 1 heterocycles. The van der Waals surface area contributed by atoms with Gasteiger partial charge in [0, 0.05) is 6.61 Å². The van der Waals surface area contributed by atoms with Crippen molar-refractivity contribution in [1.82, 2.24) is 5.32 Å². The third-order valence-electron chi connectivity index (χ3n) is 1.96. The predicted molar refractivity (Wildman–Crippen MR) is 42.2 cm³/mol. The van der Waals surface area contributed by atoms with Crippen LogP contribution in [0.15, 0.2) is 0 Å². The van der Waals surface area contributed by atoms with E-state index in [1.165, 1.54) is 0 Å². The average molecular weight is 157 g/mol. The Labute approximate surface area is 67.1 Å². The van der Waals surface area contributed by atoms with Crippen molar-refractivity contribution in [2.24, 2.45) is 5.92 Å². The van der Waals surface area contributed by atoms with Crippen LogP contribution in [0.3, 0.4) is 0 Å². The van der Waals surface area contributed by atoms with Crippen LogP contribution in [-0.4, -0.2) is 24.7 Å². The summed E-state index contributed by atoms with van der Waals surface area (Å²) in [7, 11) is 0. The van der Waals surface area contributed by atoms with Crippen LogP contribution in [-0.2, 0) is 9.53 Å². The molecule has 0 aromatic heterocycles. The fourth-order valence-electron chi connectivity index (χ4n) is 1.26. The van der Waals surface area contributed by atoms with Crippen molar-refractivity contribution in [2.75, 3.05) is 6.61 Å². The molecule has 1 fully saturated rings. The third-order valence-corrected chi connectivity index (χ3v) is 1.96. The first-order valence-corrected chi connectivity index (χ1v) is 4.08. The van der Waals surface area contributed by atoms with E-state index in [1.807, 2.05) is 6.92 Å². The van der Waals surface area contributed by atoms with E-state index in [4.69, 9.17) is 4.74 Å². The summed E-state index contributed by atoms with van der Waals surface area (Å²) < 4.78 is 5.25. The number of carbonyl (C=O) groups excluding carboxylic acids is 1. The first-order valence-electron chi connectivity index (χ1n) is 4.08. The molecule has 0 radical (unpaired) electrons. The molecule has 1 N–H and O–H groups in total. The Morgan fingerprint density at radius 3 is 2.64 bits per heavy atom. The van der Waals surface area contributed by atoms with Gasteiger partial charge in [-0.2, -0.15) is 0 Å². The van der Waals surface area contributed by atoms with Crippen molar-refractivity contribution >= 4 is 5.91 Å². The van der Waals surface area contributed by atoms with Gasteiger partial charge in [-0.05, 0) is 12.8 Å². The standard InChI is InChI=1S/C8H15NO2/c1-4-11-7-6(5(2)3)9-8(7)10/h5-7H,4H2,1-3H3,(H,9,10)/t6-,7+/m1/s1. The molecule has 64 valence electrons. The number of carbonyl (C=O) groups is 1. The Bertz CT molecular complexity index is 156. The molecule has 0 spiro atoms. The highest BCUT2D eigenvalue weighted by Crippen LogP contribution is 2.17. The summed E-state index contributed by atoms with van der Waals surface area (Å²) in [5.74, 6) is 0.495. The van der Waals surface area contributed by atoms with Gasteiger partial charge in [-0.25, -0.2) is 0 Å². The first kappa shape index (κ1) is 8.53. The molecule has 1 rings (SSSR count). The molecule has 3 nitrogen and oxygen atoms in total. The highest BCUT2D eigenvalue weighted by atomic mass is 16.5. The Balaban J connectivity index is 2.41. The number of β-lactam (4-membered cyclic amide) rings is 1. The van der Waals surface area contributed by atoms with Gasteiger partial charge in [0.25, 0.3) is 5.91 Å². The second-order valence-corrected chi connectivity index (χ2v) is 3.15. The highest BCUT2D eigenvalue weighted by molar-refractivity contribution is 5.88. The Hall–Kier alpha value is -0.570. The zero-order valence-electron chi connectivity index (χ0n) is 7.26. The van der Waals surface area contributed by atoms with Crippen LogP contribution in [0, 0.1) is 5.92 Å². The van der Waals surface area contributed by atoms with Gasteiger partial charge in [0.2, 0.25) is 0 Å². The number of hydrogen-bond donors (Lipinski definition) is 1. The van der Waals surface area contributed by atoms with Crippen LogP contribution in [0.1, 0.15) is 20.8 Å². The van der Waals surface area contributed by atoms with Crippen molar-refractivity contribution < 1.29 is 9.53 Å². The van der Waals surface area contributed by atoms with Gasteiger partial charge in [0.05, 0.1) is 6.04 Å². The van der Waals surface area contributed by atoms with E-state index in [1.54, 1.807) is 0 Å². The van der Waals surface area contributed by atoms with E-state index in [2.05, 4.69) is 19.2 Å². The van der Waals surface area contributed by atoms with E-state index < -0.39 is 0 Å². The normalized spacial score (nSPS) is 30.0. The summed E-state index contributed by atoms with van der Waals surface area (Å²) in [5.41, 5.74) is 0. The van der Waals surface area contributed by atoms with Crippen molar-refractivity contribution in [3.8, 4) is 0 Å². The molecule has 0 unspecified atom stereocenters. The summed E-state index contributed by atoms with van der Waals surface area (Å²) >= 11 is 0. The van der Waals surface area contributed by atoms with Crippen molar-refractivity contribution in [1.29, 1.82) is 0 Å². The molecule has 0 saturated carbocycles. The SMILES string of the molecule is CCO[C@@H]1C(=O)N[C@@H]1C(C)C. The molecule has 1 amide bonds. The molecule has 2 atom stereocenters. The minimum atomic E-state index is -0.194. The Kier molecular flexibility index (Phi) is 2.49. The lowest BCUT2D eigenvalue weighted by molar-refractivity contribution is -0.150. The van der Waals surface area contributed by atoms with E-state index in [9.17, 15) is 4.79 Å². The molecule has 1 aliphatic heterocycles. The zero-order valence-corrected chi connectivity index (χ0v) is 7.26. The third kappa shape index (κ3) is 1.53. The second kappa shape index (κ2) is 3.22. The van der Waals surface area contributed by atoms with Gasteiger partial charge in [0.1, 0.15) is 0 Å². The number of rotatable bonds is 3. The quantitative estimate of drug-likeness (QED) is 0.607. The molecule has 3 heteroatoms. The maximum absolute atomic E-state index is 10.9. The topological polar surface area (TPSA) is 38.3 Å². The van der Waals surface area contributed by atoms with E-state index >= 15 is 0 Å². The lowest BCUT2D eigenvalue weighted by atomic mass is 9.91.